The molecule has 132 valence electrons. The summed E-state index contributed by atoms with van der Waals surface area (Å²) in [5, 5.41) is 22.0. The van der Waals surface area contributed by atoms with Gasteiger partial charge >= 0.3 is 0 Å². The molecule has 2 aromatic heterocycles. The van der Waals surface area contributed by atoms with Gasteiger partial charge in [-0.05, 0) is 25.0 Å². The number of hydrogen-bond donors (Lipinski definition) is 1. The van der Waals surface area contributed by atoms with Crippen LogP contribution in [-0.2, 0) is 17.8 Å². The van der Waals surface area contributed by atoms with Crippen LogP contribution in [0.2, 0.25) is 0 Å². The van der Waals surface area contributed by atoms with Crippen LogP contribution in [0.5, 0.6) is 0 Å². The minimum Gasteiger partial charge on any atom is -0.443 e. The average molecular weight is 367 g/mol. The first-order valence-electron chi connectivity index (χ1n) is 8.52. The molecule has 1 aliphatic rings. The van der Waals surface area contributed by atoms with Gasteiger partial charge < -0.3 is 14.3 Å². The number of rotatable bonds is 4. The molecule has 0 atom stereocenters. The maximum atomic E-state index is 12.4. The van der Waals surface area contributed by atoms with Crippen LogP contribution < -0.4 is 5.32 Å². The third kappa shape index (κ3) is 3.18. The SMILES string of the molecule is N#Cc1oc2ccccc2c1NC(=O)CSc1nnc2n1CCCCC2. The van der Waals surface area contributed by atoms with Crippen LogP contribution in [0.4, 0.5) is 5.69 Å². The molecule has 1 N–H and O–H groups in total. The van der Waals surface area contributed by atoms with Gasteiger partial charge in [-0.15, -0.1) is 10.2 Å². The lowest BCUT2D eigenvalue weighted by Crippen LogP contribution is -2.15. The molecule has 3 aromatic rings. The lowest BCUT2D eigenvalue weighted by Gasteiger charge is -2.06. The molecule has 0 aliphatic carbocycles. The van der Waals surface area contributed by atoms with E-state index in [4.69, 9.17) is 4.42 Å². The molecule has 1 amide bonds. The molecule has 0 spiro atoms. The summed E-state index contributed by atoms with van der Waals surface area (Å²) in [7, 11) is 0. The minimum atomic E-state index is -0.205. The highest BCUT2D eigenvalue weighted by Crippen LogP contribution is 2.30. The summed E-state index contributed by atoms with van der Waals surface area (Å²) in [6.45, 7) is 0.900. The topological polar surface area (TPSA) is 96.7 Å². The molecule has 4 rings (SSSR count). The Kier molecular flexibility index (Phi) is 4.63. The highest BCUT2D eigenvalue weighted by Gasteiger charge is 2.19. The zero-order chi connectivity index (χ0) is 17.9. The number of aromatic nitrogens is 3. The summed E-state index contributed by atoms with van der Waals surface area (Å²) in [6.07, 6.45) is 4.37. The number of thioether (sulfide) groups is 1. The number of aryl methyl sites for hydroxylation is 1. The number of nitriles is 1. The van der Waals surface area contributed by atoms with Gasteiger partial charge in [0, 0.05) is 18.4 Å². The number of nitrogens with one attached hydrogen (secondary N) is 1. The molecule has 7 nitrogen and oxygen atoms in total. The van der Waals surface area contributed by atoms with Crippen molar-refractivity contribution in [3.05, 3.63) is 35.9 Å². The van der Waals surface area contributed by atoms with Crippen molar-refractivity contribution in [2.75, 3.05) is 11.1 Å². The summed E-state index contributed by atoms with van der Waals surface area (Å²) in [6, 6.07) is 9.25. The monoisotopic (exact) mass is 367 g/mol. The molecule has 1 aliphatic heterocycles. The zero-order valence-electron chi connectivity index (χ0n) is 14.1. The molecule has 1 aromatic carbocycles. The van der Waals surface area contributed by atoms with Crippen LogP contribution in [0.25, 0.3) is 11.0 Å². The smallest absolute Gasteiger partial charge is 0.234 e. The van der Waals surface area contributed by atoms with Gasteiger partial charge in [-0.3, -0.25) is 4.79 Å². The van der Waals surface area contributed by atoms with Crippen molar-refractivity contribution in [3.63, 3.8) is 0 Å². The maximum absolute atomic E-state index is 12.4. The first-order valence-corrected chi connectivity index (χ1v) is 9.51. The van der Waals surface area contributed by atoms with Gasteiger partial charge in [-0.1, -0.05) is 30.3 Å². The Hall–Kier alpha value is -2.79. The first-order chi connectivity index (χ1) is 12.8. The Bertz CT molecular complexity index is 1000. The second kappa shape index (κ2) is 7.22. The quantitative estimate of drug-likeness (QED) is 0.710. The van der Waals surface area contributed by atoms with Crippen LogP contribution in [0.3, 0.4) is 0 Å². The van der Waals surface area contributed by atoms with Gasteiger partial charge in [0.05, 0.1) is 5.75 Å². The van der Waals surface area contributed by atoms with E-state index in [1.165, 1.54) is 18.2 Å². The summed E-state index contributed by atoms with van der Waals surface area (Å²) < 4.78 is 7.59. The van der Waals surface area contributed by atoms with Gasteiger partial charge in [0.2, 0.25) is 11.7 Å². The molecule has 0 saturated carbocycles. The average Bonchev–Trinajstić information content (AvgIpc) is 3.12. The normalized spacial score (nSPS) is 13.8. The lowest BCUT2D eigenvalue weighted by molar-refractivity contribution is -0.113. The minimum absolute atomic E-state index is 0.112. The molecule has 8 heteroatoms. The second-order valence-corrected chi connectivity index (χ2v) is 7.05. The highest BCUT2D eigenvalue weighted by molar-refractivity contribution is 7.99. The van der Waals surface area contributed by atoms with Gasteiger partial charge in [0.25, 0.3) is 0 Å². The maximum Gasteiger partial charge on any atom is 0.234 e. The summed E-state index contributed by atoms with van der Waals surface area (Å²) >= 11 is 1.36. The summed E-state index contributed by atoms with van der Waals surface area (Å²) in [5.41, 5.74) is 1.00. The third-order valence-electron chi connectivity index (χ3n) is 4.37. The lowest BCUT2D eigenvalue weighted by atomic mass is 10.2. The Labute approximate surface area is 154 Å². The van der Waals surface area contributed by atoms with E-state index in [1.54, 1.807) is 6.07 Å². The second-order valence-electron chi connectivity index (χ2n) is 6.11. The van der Waals surface area contributed by atoms with Crippen molar-refractivity contribution in [1.29, 1.82) is 5.26 Å². The van der Waals surface area contributed by atoms with Crippen molar-refractivity contribution in [1.82, 2.24) is 14.8 Å². The van der Waals surface area contributed by atoms with Crippen molar-refractivity contribution in [3.8, 4) is 6.07 Å². The van der Waals surface area contributed by atoms with Crippen LogP contribution in [0, 0.1) is 11.3 Å². The van der Waals surface area contributed by atoms with Gasteiger partial charge in [0.1, 0.15) is 23.2 Å². The van der Waals surface area contributed by atoms with E-state index in [1.807, 2.05) is 24.3 Å². The predicted molar refractivity (Wildman–Crippen MR) is 97.9 cm³/mol. The van der Waals surface area contributed by atoms with E-state index in [0.717, 1.165) is 42.2 Å². The fourth-order valence-electron chi connectivity index (χ4n) is 3.12. The number of carbonyl (C=O) groups is 1. The molecular formula is C18H17N5O2S. The van der Waals surface area contributed by atoms with Gasteiger partial charge in [-0.2, -0.15) is 5.26 Å². The van der Waals surface area contributed by atoms with Crippen LogP contribution >= 0.6 is 11.8 Å². The van der Waals surface area contributed by atoms with Crippen LogP contribution in [-0.4, -0.2) is 26.4 Å². The van der Waals surface area contributed by atoms with Gasteiger partial charge in [-0.25, -0.2) is 0 Å². The predicted octanol–water partition coefficient (Wildman–Crippen LogP) is 3.35. The number of amides is 1. The zero-order valence-corrected chi connectivity index (χ0v) is 14.9. The standard InChI is InChI=1S/C18H17N5O2S/c19-10-14-17(12-6-3-4-7-13(12)25-14)20-16(24)11-26-18-22-21-15-8-2-1-5-9-23(15)18/h3-4,6-7H,1-2,5,8-9,11H2,(H,20,24). The van der Waals surface area contributed by atoms with Gasteiger partial charge in [0.15, 0.2) is 5.16 Å². The Morgan fingerprint density at radius 1 is 1.31 bits per heavy atom. The van der Waals surface area contributed by atoms with E-state index in [9.17, 15) is 10.1 Å². The highest BCUT2D eigenvalue weighted by atomic mass is 32.2. The molecule has 0 unspecified atom stereocenters. The van der Waals surface area contributed by atoms with E-state index < -0.39 is 0 Å². The molecule has 26 heavy (non-hydrogen) atoms. The number of benzene rings is 1. The van der Waals surface area contributed by atoms with Crippen LogP contribution in [0.15, 0.2) is 33.8 Å². The van der Waals surface area contributed by atoms with Crippen molar-refractivity contribution in [2.45, 2.75) is 37.4 Å². The van der Waals surface area contributed by atoms with Crippen molar-refractivity contribution < 1.29 is 9.21 Å². The number of fused-ring (bicyclic) bond motifs is 2. The van der Waals surface area contributed by atoms with E-state index in [2.05, 4.69) is 20.1 Å². The number of anilines is 1. The van der Waals surface area contributed by atoms with Crippen LogP contribution in [0.1, 0.15) is 30.8 Å². The Morgan fingerprint density at radius 3 is 3.08 bits per heavy atom. The number of nitrogens with zero attached hydrogens (tertiary/aromatic N) is 4. The fraction of sp³-hybridized carbons (Fsp3) is 0.333. The van der Waals surface area contributed by atoms with E-state index in [-0.39, 0.29) is 17.4 Å². The number of para-hydroxylation sites is 1. The number of hydrogen-bond acceptors (Lipinski definition) is 6. The van der Waals surface area contributed by atoms with Crippen molar-refractivity contribution in [2.24, 2.45) is 0 Å². The molecule has 0 fully saturated rings. The number of carbonyl (C=O) groups excluding carboxylic acids is 1. The molecule has 0 bridgehead atoms. The third-order valence-corrected chi connectivity index (χ3v) is 5.34. The largest absolute Gasteiger partial charge is 0.443 e. The van der Waals surface area contributed by atoms with Crippen molar-refractivity contribution >= 4 is 34.3 Å². The Balaban J connectivity index is 1.47. The molecule has 3 heterocycles. The van der Waals surface area contributed by atoms with E-state index in [0.29, 0.717) is 11.3 Å². The molecular weight excluding hydrogens is 350 g/mol. The van der Waals surface area contributed by atoms with E-state index >= 15 is 0 Å². The number of furan rings is 1. The first kappa shape index (κ1) is 16.7. The molecule has 0 radical (unpaired) electrons. The summed E-state index contributed by atoms with van der Waals surface area (Å²) in [4.78, 5) is 12.4. The fourth-order valence-corrected chi connectivity index (χ4v) is 3.90. The Morgan fingerprint density at radius 2 is 2.19 bits per heavy atom. The summed E-state index contributed by atoms with van der Waals surface area (Å²) in [5.74, 6) is 1.10. The molecule has 0 saturated heterocycles.